The highest BCUT2D eigenvalue weighted by molar-refractivity contribution is 5.79. The number of rotatable bonds is 4. The van der Waals surface area contributed by atoms with Gasteiger partial charge >= 0.3 is 5.97 Å². The molecule has 16 heavy (non-hydrogen) atoms. The van der Waals surface area contributed by atoms with Crippen LogP contribution in [0.1, 0.15) is 26.7 Å². The van der Waals surface area contributed by atoms with Crippen molar-refractivity contribution in [1.82, 2.24) is 10.2 Å². The summed E-state index contributed by atoms with van der Waals surface area (Å²) in [6.45, 7) is 5.54. The van der Waals surface area contributed by atoms with E-state index in [1.807, 2.05) is 13.8 Å². The van der Waals surface area contributed by atoms with Gasteiger partial charge in [0, 0.05) is 12.6 Å². The average molecular weight is 228 g/mol. The van der Waals surface area contributed by atoms with Gasteiger partial charge in [-0.15, -0.1) is 0 Å². The van der Waals surface area contributed by atoms with E-state index in [0.717, 1.165) is 6.54 Å². The minimum atomic E-state index is -0.745. The number of amides is 1. The molecule has 0 bridgehead atoms. The topological polar surface area (TPSA) is 69.6 Å². The van der Waals surface area contributed by atoms with Crippen molar-refractivity contribution < 1.29 is 14.7 Å². The molecule has 1 rings (SSSR count). The first-order valence-electron chi connectivity index (χ1n) is 5.79. The molecule has 5 heteroatoms. The van der Waals surface area contributed by atoms with Gasteiger partial charge in [-0.25, -0.2) is 0 Å². The Balaban J connectivity index is 2.46. The molecule has 0 aromatic carbocycles. The van der Waals surface area contributed by atoms with Crippen LogP contribution in [0.4, 0.5) is 0 Å². The van der Waals surface area contributed by atoms with Gasteiger partial charge in [0.15, 0.2) is 0 Å². The summed E-state index contributed by atoms with van der Waals surface area (Å²) in [5, 5.41) is 11.9. The van der Waals surface area contributed by atoms with Crippen LogP contribution in [0.2, 0.25) is 0 Å². The van der Waals surface area contributed by atoms with Crippen LogP contribution in [0.15, 0.2) is 0 Å². The fourth-order valence-electron chi connectivity index (χ4n) is 2.10. The molecule has 0 saturated carbocycles. The van der Waals surface area contributed by atoms with Crippen LogP contribution in [-0.2, 0) is 9.59 Å². The molecular weight excluding hydrogens is 208 g/mol. The SMILES string of the molecule is CCNCC(=O)N1CCC(C(=O)O)CC1C. The number of piperidine rings is 1. The molecule has 1 saturated heterocycles. The highest BCUT2D eigenvalue weighted by Gasteiger charge is 2.31. The number of aliphatic carboxylic acids is 1. The van der Waals surface area contributed by atoms with Crippen LogP contribution >= 0.6 is 0 Å². The monoisotopic (exact) mass is 228 g/mol. The van der Waals surface area contributed by atoms with Gasteiger partial charge in [0.05, 0.1) is 12.5 Å². The van der Waals surface area contributed by atoms with Crippen LogP contribution < -0.4 is 5.32 Å². The average Bonchev–Trinajstić information content (AvgIpc) is 2.25. The van der Waals surface area contributed by atoms with E-state index in [4.69, 9.17) is 5.11 Å². The van der Waals surface area contributed by atoms with Crippen molar-refractivity contribution in [1.29, 1.82) is 0 Å². The van der Waals surface area contributed by atoms with E-state index in [-0.39, 0.29) is 17.9 Å². The Kier molecular flexibility index (Phi) is 4.73. The van der Waals surface area contributed by atoms with Gasteiger partial charge in [-0.1, -0.05) is 6.92 Å². The zero-order chi connectivity index (χ0) is 12.1. The highest BCUT2D eigenvalue weighted by atomic mass is 16.4. The van der Waals surface area contributed by atoms with Crippen LogP contribution in [0.25, 0.3) is 0 Å². The predicted octanol–water partition coefficient (Wildman–Crippen LogP) is 0.308. The van der Waals surface area contributed by atoms with Gasteiger partial charge in [0.2, 0.25) is 5.91 Å². The van der Waals surface area contributed by atoms with Gasteiger partial charge in [0.1, 0.15) is 0 Å². The van der Waals surface area contributed by atoms with Crippen molar-refractivity contribution in [2.45, 2.75) is 32.7 Å². The highest BCUT2D eigenvalue weighted by Crippen LogP contribution is 2.22. The lowest BCUT2D eigenvalue weighted by Gasteiger charge is -2.36. The molecule has 1 aliphatic rings. The van der Waals surface area contributed by atoms with Crippen molar-refractivity contribution in [3.63, 3.8) is 0 Å². The number of likely N-dealkylation sites (N-methyl/N-ethyl adjacent to an activating group) is 1. The second-order valence-electron chi connectivity index (χ2n) is 4.28. The van der Waals surface area contributed by atoms with Crippen LogP contribution in [0.3, 0.4) is 0 Å². The Morgan fingerprint density at radius 2 is 2.19 bits per heavy atom. The molecule has 1 fully saturated rings. The minimum absolute atomic E-state index is 0.0287. The van der Waals surface area contributed by atoms with E-state index >= 15 is 0 Å². The van der Waals surface area contributed by atoms with E-state index in [0.29, 0.717) is 25.9 Å². The normalized spacial score (nSPS) is 25.5. The Morgan fingerprint density at radius 1 is 1.50 bits per heavy atom. The zero-order valence-corrected chi connectivity index (χ0v) is 9.90. The number of likely N-dealkylation sites (tertiary alicyclic amines) is 1. The smallest absolute Gasteiger partial charge is 0.306 e. The quantitative estimate of drug-likeness (QED) is 0.726. The second-order valence-corrected chi connectivity index (χ2v) is 4.28. The first-order chi connectivity index (χ1) is 7.56. The third-order valence-electron chi connectivity index (χ3n) is 3.07. The van der Waals surface area contributed by atoms with Crippen molar-refractivity contribution in [3.05, 3.63) is 0 Å². The van der Waals surface area contributed by atoms with Gasteiger partial charge in [-0.3, -0.25) is 9.59 Å². The van der Waals surface area contributed by atoms with E-state index in [1.54, 1.807) is 4.90 Å². The first-order valence-corrected chi connectivity index (χ1v) is 5.79. The molecule has 2 unspecified atom stereocenters. The molecular formula is C11H20N2O3. The summed E-state index contributed by atoms with van der Waals surface area (Å²) in [5.41, 5.74) is 0. The molecule has 0 spiro atoms. The molecule has 1 heterocycles. The molecule has 0 aromatic rings. The molecule has 5 nitrogen and oxygen atoms in total. The molecule has 2 N–H and O–H groups in total. The summed E-state index contributed by atoms with van der Waals surface area (Å²) >= 11 is 0. The molecule has 0 radical (unpaired) electrons. The Morgan fingerprint density at radius 3 is 2.69 bits per heavy atom. The summed E-state index contributed by atoms with van der Waals surface area (Å²) in [6, 6.07) is 0.0287. The fourth-order valence-corrected chi connectivity index (χ4v) is 2.10. The number of nitrogens with zero attached hydrogens (tertiary/aromatic N) is 1. The summed E-state index contributed by atoms with van der Waals surface area (Å²) in [5.74, 6) is -0.970. The molecule has 1 aliphatic heterocycles. The maximum atomic E-state index is 11.8. The summed E-state index contributed by atoms with van der Waals surface area (Å²) < 4.78 is 0. The van der Waals surface area contributed by atoms with Crippen molar-refractivity contribution in [2.24, 2.45) is 5.92 Å². The standard InChI is InChI=1S/C11H20N2O3/c1-3-12-7-10(14)13-5-4-9(11(15)16)6-8(13)2/h8-9,12H,3-7H2,1-2H3,(H,15,16). The number of carbonyl (C=O) groups excluding carboxylic acids is 1. The Hall–Kier alpha value is -1.10. The fraction of sp³-hybridized carbons (Fsp3) is 0.818. The maximum Gasteiger partial charge on any atom is 0.306 e. The predicted molar refractivity (Wildman–Crippen MR) is 60.1 cm³/mol. The number of carboxylic acid groups (broad SMARTS) is 1. The summed E-state index contributed by atoms with van der Waals surface area (Å²) in [6.07, 6.45) is 1.13. The van der Waals surface area contributed by atoms with E-state index in [2.05, 4.69) is 5.32 Å². The summed E-state index contributed by atoms with van der Waals surface area (Å²) in [7, 11) is 0. The second kappa shape index (κ2) is 5.84. The number of carbonyl (C=O) groups is 2. The molecule has 92 valence electrons. The minimum Gasteiger partial charge on any atom is -0.481 e. The first kappa shape index (κ1) is 13.0. The Bertz CT molecular complexity index is 268. The lowest BCUT2D eigenvalue weighted by atomic mass is 9.92. The molecule has 0 aliphatic carbocycles. The number of nitrogens with one attached hydrogen (secondary N) is 1. The van der Waals surface area contributed by atoms with E-state index in [1.165, 1.54) is 0 Å². The summed E-state index contributed by atoms with van der Waals surface area (Å²) in [4.78, 5) is 24.4. The largest absolute Gasteiger partial charge is 0.481 e. The van der Waals surface area contributed by atoms with Crippen LogP contribution in [0.5, 0.6) is 0 Å². The van der Waals surface area contributed by atoms with Gasteiger partial charge < -0.3 is 15.3 Å². The Labute approximate surface area is 95.8 Å². The third-order valence-corrected chi connectivity index (χ3v) is 3.07. The maximum absolute atomic E-state index is 11.8. The number of hydrogen-bond donors (Lipinski definition) is 2. The van der Waals surface area contributed by atoms with Crippen molar-refractivity contribution >= 4 is 11.9 Å². The zero-order valence-electron chi connectivity index (χ0n) is 9.90. The molecule has 1 amide bonds. The van der Waals surface area contributed by atoms with Crippen molar-refractivity contribution in [3.8, 4) is 0 Å². The van der Waals surface area contributed by atoms with E-state index < -0.39 is 5.97 Å². The van der Waals surface area contributed by atoms with Crippen LogP contribution in [-0.4, -0.2) is 47.6 Å². The van der Waals surface area contributed by atoms with Crippen LogP contribution in [0, 0.1) is 5.92 Å². The van der Waals surface area contributed by atoms with Gasteiger partial charge in [-0.05, 0) is 26.3 Å². The molecule has 2 atom stereocenters. The van der Waals surface area contributed by atoms with Gasteiger partial charge in [-0.2, -0.15) is 0 Å². The third kappa shape index (κ3) is 3.20. The molecule has 0 aromatic heterocycles. The number of hydrogen-bond acceptors (Lipinski definition) is 3. The van der Waals surface area contributed by atoms with Gasteiger partial charge in [0.25, 0.3) is 0 Å². The number of carboxylic acids is 1. The van der Waals surface area contributed by atoms with E-state index in [9.17, 15) is 9.59 Å². The lowest BCUT2D eigenvalue weighted by Crippen LogP contribution is -2.48. The van der Waals surface area contributed by atoms with Crippen molar-refractivity contribution in [2.75, 3.05) is 19.6 Å². The lowest BCUT2D eigenvalue weighted by molar-refractivity contribution is -0.147.